The SMILES string of the molecule is CCn1nccc1NC(=O)Cc1nc(N2C[C@@H]3[C@H](C2)[C@@H]3NC(=O)c2[nH]c(C)c(Cl)c2Cl)sc1C(=O)O. The van der Waals surface area contributed by atoms with Gasteiger partial charge in [0.2, 0.25) is 5.91 Å². The third kappa shape index (κ3) is 4.44. The number of carboxylic acid groups (broad SMARTS) is 1. The van der Waals surface area contributed by atoms with Gasteiger partial charge in [0.15, 0.2) is 5.13 Å². The van der Waals surface area contributed by atoms with Crippen LogP contribution in [0.25, 0.3) is 0 Å². The molecule has 190 valence electrons. The average Bonchev–Trinajstić information content (AvgIpc) is 3.36. The maximum Gasteiger partial charge on any atom is 0.347 e. The van der Waals surface area contributed by atoms with Gasteiger partial charge in [0.25, 0.3) is 5.91 Å². The summed E-state index contributed by atoms with van der Waals surface area (Å²) < 4.78 is 1.63. The van der Waals surface area contributed by atoms with Crippen molar-refractivity contribution in [3.63, 3.8) is 0 Å². The molecule has 0 unspecified atom stereocenters. The monoisotopic (exact) mass is 551 g/mol. The number of hydrogen-bond acceptors (Lipinski definition) is 7. The zero-order valence-corrected chi connectivity index (χ0v) is 21.7. The third-order valence-corrected chi connectivity index (χ3v) is 8.63. The fraction of sp³-hybridized carbons (Fsp3) is 0.409. The van der Waals surface area contributed by atoms with Gasteiger partial charge in [-0.2, -0.15) is 5.10 Å². The summed E-state index contributed by atoms with van der Waals surface area (Å²) in [5.74, 6) is -0.807. The van der Waals surface area contributed by atoms with Gasteiger partial charge in [-0.15, -0.1) is 0 Å². The molecule has 0 spiro atoms. The molecule has 3 aromatic rings. The number of piperidine rings is 1. The molecular formula is C22H23Cl2N7O4S. The van der Waals surface area contributed by atoms with Crippen LogP contribution in [-0.4, -0.2) is 61.8 Å². The van der Waals surface area contributed by atoms with Crippen molar-refractivity contribution in [3.05, 3.63) is 44.3 Å². The van der Waals surface area contributed by atoms with E-state index in [0.717, 1.165) is 11.3 Å². The predicted octanol–water partition coefficient (Wildman–Crippen LogP) is 3.05. The highest BCUT2D eigenvalue weighted by molar-refractivity contribution is 7.17. The van der Waals surface area contributed by atoms with Crippen LogP contribution in [0, 0.1) is 18.8 Å². The lowest BCUT2D eigenvalue weighted by Gasteiger charge is -2.19. The van der Waals surface area contributed by atoms with Crippen molar-refractivity contribution in [2.45, 2.75) is 32.9 Å². The molecule has 4 heterocycles. The molecule has 0 bridgehead atoms. The Hall–Kier alpha value is -3.09. The molecule has 4 N–H and O–H groups in total. The number of carbonyl (C=O) groups is 3. The number of hydrogen-bond donors (Lipinski definition) is 4. The molecule has 0 radical (unpaired) electrons. The van der Waals surface area contributed by atoms with Gasteiger partial charge in [0.1, 0.15) is 16.4 Å². The highest BCUT2D eigenvalue weighted by Gasteiger charge is 2.57. The molecule has 14 heteroatoms. The Bertz CT molecular complexity index is 1350. The fourth-order valence-corrected chi connectivity index (χ4v) is 6.00. The number of rotatable bonds is 8. The van der Waals surface area contributed by atoms with Crippen molar-refractivity contribution in [3.8, 4) is 0 Å². The number of amides is 2. The number of thiazole rings is 1. The molecule has 1 saturated carbocycles. The van der Waals surface area contributed by atoms with Crippen molar-refractivity contribution in [1.29, 1.82) is 0 Å². The van der Waals surface area contributed by atoms with Crippen molar-refractivity contribution < 1.29 is 19.5 Å². The standard InChI is InChI=1S/C22H23Cl2N7O4S/c1-3-31-13(4-5-25-31)28-14(32)6-12-19(21(34)35)36-22(27-12)30-7-10-11(8-30)17(10)29-20(33)18-16(24)15(23)9(2)26-18/h4-5,10-11,17,26H,3,6-8H2,1-2H3,(H,28,32)(H,29,33)(H,34,35)/t10-,11+,17-. The number of aryl methyl sites for hydroxylation is 2. The van der Waals surface area contributed by atoms with Gasteiger partial charge in [-0.3, -0.25) is 9.59 Å². The maximum absolute atomic E-state index is 12.6. The Kier molecular flexibility index (Phi) is 6.43. The second-order valence-electron chi connectivity index (χ2n) is 8.82. The number of carboxylic acids is 1. The second-order valence-corrected chi connectivity index (χ2v) is 10.6. The van der Waals surface area contributed by atoms with Gasteiger partial charge in [-0.05, 0) is 13.8 Å². The minimum Gasteiger partial charge on any atom is -0.477 e. The maximum atomic E-state index is 12.6. The van der Waals surface area contributed by atoms with Crippen LogP contribution in [0.15, 0.2) is 12.3 Å². The molecule has 3 atom stereocenters. The number of fused-ring (bicyclic) bond motifs is 1. The summed E-state index contributed by atoms with van der Waals surface area (Å²) in [6, 6.07) is 1.68. The van der Waals surface area contributed by atoms with E-state index in [-0.39, 0.29) is 57.4 Å². The van der Waals surface area contributed by atoms with E-state index >= 15 is 0 Å². The first kappa shape index (κ1) is 24.6. The summed E-state index contributed by atoms with van der Waals surface area (Å²) >= 11 is 13.3. The van der Waals surface area contributed by atoms with E-state index in [2.05, 4.69) is 25.7 Å². The summed E-state index contributed by atoms with van der Waals surface area (Å²) in [6.45, 7) is 5.49. The Balaban J connectivity index is 1.21. The van der Waals surface area contributed by atoms with Gasteiger partial charge < -0.3 is 25.6 Å². The van der Waals surface area contributed by atoms with Crippen LogP contribution in [0.2, 0.25) is 10.0 Å². The summed E-state index contributed by atoms with van der Waals surface area (Å²) in [5, 5.41) is 20.6. The van der Waals surface area contributed by atoms with Crippen LogP contribution in [0.5, 0.6) is 0 Å². The molecular weight excluding hydrogens is 529 g/mol. The molecule has 36 heavy (non-hydrogen) atoms. The Labute approximate surface area is 219 Å². The van der Waals surface area contributed by atoms with E-state index in [1.807, 2.05) is 11.8 Å². The van der Waals surface area contributed by atoms with Crippen molar-refractivity contribution >= 4 is 63.3 Å². The van der Waals surface area contributed by atoms with Crippen LogP contribution in [0.1, 0.15) is 38.5 Å². The Morgan fingerprint density at radius 3 is 2.58 bits per heavy atom. The normalized spacial score (nSPS) is 20.3. The Morgan fingerprint density at radius 1 is 1.25 bits per heavy atom. The van der Waals surface area contributed by atoms with E-state index in [0.29, 0.717) is 41.3 Å². The van der Waals surface area contributed by atoms with E-state index in [1.54, 1.807) is 23.9 Å². The minimum atomic E-state index is -1.12. The second kappa shape index (κ2) is 9.41. The molecule has 1 aliphatic heterocycles. The van der Waals surface area contributed by atoms with Crippen LogP contribution >= 0.6 is 34.5 Å². The predicted molar refractivity (Wildman–Crippen MR) is 135 cm³/mol. The number of aromatic nitrogens is 4. The highest BCUT2D eigenvalue weighted by atomic mass is 35.5. The number of aromatic carboxylic acids is 1. The number of anilines is 2. The minimum absolute atomic E-state index is 0.000213. The van der Waals surface area contributed by atoms with Crippen molar-refractivity contribution in [1.82, 2.24) is 25.1 Å². The first-order valence-electron chi connectivity index (χ1n) is 11.3. The summed E-state index contributed by atoms with van der Waals surface area (Å²) in [7, 11) is 0. The number of H-pyrrole nitrogens is 1. The number of aromatic amines is 1. The molecule has 3 aromatic heterocycles. The molecule has 2 fully saturated rings. The van der Waals surface area contributed by atoms with Gasteiger partial charge in [0, 0.05) is 49.3 Å². The van der Waals surface area contributed by atoms with E-state index in [9.17, 15) is 19.5 Å². The van der Waals surface area contributed by atoms with Crippen LogP contribution in [-0.2, 0) is 17.8 Å². The van der Waals surface area contributed by atoms with Gasteiger partial charge in [-0.1, -0.05) is 34.5 Å². The molecule has 2 aliphatic rings. The molecule has 11 nitrogen and oxygen atoms in total. The summed E-state index contributed by atoms with van der Waals surface area (Å²) in [5.41, 5.74) is 1.10. The zero-order chi connectivity index (χ0) is 25.7. The lowest BCUT2D eigenvalue weighted by atomic mass is 10.2. The van der Waals surface area contributed by atoms with E-state index in [1.165, 1.54) is 0 Å². The Morgan fingerprint density at radius 2 is 1.97 bits per heavy atom. The molecule has 1 saturated heterocycles. The van der Waals surface area contributed by atoms with E-state index < -0.39 is 5.97 Å². The molecule has 0 aromatic carbocycles. The summed E-state index contributed by atoms with van der Waals surface area (Å²) in [6.07, 6.45) is 1.42. The fourth-order valence-electron chi connectivity index (χ4n) is 4.64. The number of carbonyl (C=O) groups excluding carboxylic acids is 2. The largest absolute Gasteiger partial charge is 0.477 e. The van der Waals surface area contributed by atoms with Gasteiger partial charge in [-0.25, -0.2) is 14.5 Å². The molecule has 5 rings (SSSR count). The lowest BCUT2D eigenvalue weighted by molar-refractivity contribution is -0.115. The smallest absolute Gasteiger partial charge is 0.347 e. The quantitative estimate of drug-likeness (QED) is 0.336. The first-order chi connectivity index (χ1) is 17.2. The lowest BCUT2D eigenvalue weighted by Crippen LogP contribution is -2.34. The first-order valence-corrected chi connectivity index (χ1v) is 12.9. The van der Waals surface area contributed by atoms with Crippen LogP contribution < -0.4 is 15.5 Å². The zero-order valence-electron chi connectivity index (χ0n) is 19.3. The van der Waals surface area contributed by atoms with Crippen molar-refractivity contribution in [2.24, 2.45) is 11.8 Å². The molecule has 2 amide bonds. The topological polar surface area (TPSA) is 145 Å². The van der Waals surface area contributed by atoms with Crippen LogP contribution in [0.4, 0.5) is 10.9 Å². The van der Waals surface area contributed by atoms with Gasteiger partial charge in [0.05, 0.1) is 28.4 Å². The molecule has 1 aliphatic carbocycles. The van der Waals surface area contributed by atoms with E-state index in [4.69, 9.17) is 23.2 Å². The number of nitrogens with one attached hydrogen (secondary N) is 3. The number of halogens is 2. The van der Waals surface area contributed by atoms with Gasteiger partial charge >= 0.3 is 5.97 Å². The van der Waals surface area contributed by atoms with Crippen LogP contribution in [0.3, 0.4) is 0 Å². The third-order valence-electron chi connectivity index (χ3n) is 6.54. The number of nitrogens with zero attached hydrogens (tertiary/aromatic N) is 4. The highest BCUT2D eigenvalue weighted by Crippen LogP contribution is 2.48. The summed E-state index contributed by atoms with van der Waals surface area (Å²) in [4.78, 5) is 46.5. The average molecular weight is 552 g/mol. The van der Waals surface area contributed by atoms with Crippen molar-refractivity contribution in [2.75, 3.05) is 23.3 Å².